The van der Waals surface area contributed by atoms with E-state index in [1.165, 1.54) is 17.9 Å². The summed E-state index contributed by atoms with van der Waals surface area (Å²) in [5.41, 5.74) is -0.267. The number of esters is 3. The number of hydrogen-bond acceptors (Lipinski definition) is 11. The highest BCUT2D eigenvalue weighted by Crippen LogP contribution is 2.76. The Hall–Kier alpha value is -3.35. The average Bonchev–Trinajstić information content (AvgIpc) is 3.35. The van der Waals surface area contributed by atoms with Gasteiger partial charge in [-0.15, -0.1) is 0 Å². The van der Waals surface area contributed by atoms with Crippen molar-refractivity contribution in [2.24, 2.45) is 34.4 Å². The summed E-state index contributed by atoms with van der Waals surface area (Å²) in [7, 11) is 0. The summed E-state index contributed by atoms with van der Waals surface area (Å²) in [4.78, 5) is 66.1. The highest BCUT2D eigenvalue weighted by molar-refractivity contribution is 6.07. The minimum absolute atomic E-state index is 0.0584. The number of carbonyl (C=O) groups is 5. The lowest BCUT2D eigenvalue weighted by molar-refractivity contribution is -0.205. The van der Waals surface area contributed by atoms with Gasteiger partial charge in [-0.1, -0.05) is 32.6 Å². The van der Waals surface area contributed by atoms with Crippen molar-refractivity contribution < 1.29 is 42.9 Å². The Morgan fingerprint density at radius 3 is 2.56 bits per heavy atom. The molecule has 12 nitrogen and oxygen atoms in total. The van der Waals surface area contributed by atoms with Crippen LogP contribution < -0.4 is 11.3 Å². The number of rotatable bonds is 6. The summed E-state index contributed by atoms with van der Waals surface area (Å²) in [5, 5.41) is 0. The third kappa shape index (κ3) is 3.95. The molecule has 0 aromatic heterocycles. The van der Waals surface area contributed by atoms with Gasteiger partial charge in [0.05, 0.1) is 17.9 Å². The highest BCUT2D eigenvalue weighted by atomic mass is 16.6. The monoisotopic (exact) mass is 597 g/mol. The van der Waals surface area contributed by atoms with Crippen LogP contribution in [-0.4, -0.2) is 77.2 Å². The molecule has 232 valence electrons. The van der Waals surface area contributed by atoms with Gasteiger partial charge in [-0.25, -0.2) is 4.79 Å². The van der Waals surface area contributed by atoms with Crippen LogP contribution in [0.1, 0.15) is 53.9 Å². The fraction of sp³-hybridized carbons (Fsp3) is 0.645. The standard InChI is InChI=1S/C31H39N3O9/c1-15-24-25(41-22(37)7-10-29(24,5)19-14-23(38)43-28(19,3)4)26(40-16(2)35)30(6)18(13-20-31(15,30)42-20)17-9-12-34(27(17)39)21(36)8-11-33-32/h7,9-10,18-20,24-26,33H,1,8,11-14,32H2,2-6H3/t18-,19-,20+,24+,25+,26-,29-,30+,31+/m0/s1. The zero-order valence-electron chi connectivity index (χ0n) is 25.1. The van der Waals surface area contributed by atoms with Gasteiger partial charge in [0.1, 0.15) is 23.4 Å². The second kappa shape index (κ2) is 9.57. The molecule has 0 aromatic rings. The number of cyclic esters (lactones) is 1. The second-order valence-electron chi connectivity index (χ2n) is 13.6. The predicted octanol–water partition coefficient (Wildman–Crippen LogP) is 1.25. The zero-order chi connectivity index (χ0) is 31.3. The molecule has 4 aliphatic heterocycles. The van der Waals surface area contributed by atoms with E-state index in [-0.39, 0.29) is 49.8 Å². The number of hydrogen-bond donors (Lipinski definition) is 2. The summed E-state index contributed by atoms with van der Waals surface area (Å²) < 4.78 is 24.4. The highest BCUT2D eigenvalue weighted by Gasteiger charge is 2.84. The molecule has 0 bridgehead atoms. The lowest BCUT2D eigenvalue weighted by atomic mass is 9.49. The minimum atomic E-state index is -1.07. The lowest BCUT2D eigenvalue weighted by Crippen LogP contribution is -2.66. The first-order valence-electron chi connectivity index (χ1n) is 14.8. The Morgan fingerprint density at radius 1 is 1.21 bits per heavy atom. The number of hydrazine groups is 1. The summed E-state index contributed by atoms with van der Waals surface area (Å²) in [6.07, 6.45) is 3.13. The smallest absolute Gasteiger partial charge is 0.330 e. The first-order valence-corrected chi connectivity index (χ1v) is 14.8. The maximum absolute atomic E-state index is 13.7. The summed E-state index contributed by atoms with van der Waals surface area (Å²) >= 11 is 0. The van der Waals surface area contributed by atoms with Crippen molar-refractivity contribution in [1.82, 2.24) is 10.3 Å². The molecular weight excluding hydrogens is 558 g/mol. The number of nitrogens with zero attached hydrogens (tertiary/aromatic N) is 1. The van der Waals surface area contributed by atoms with Crippen LogP contribution in [0, 0.1) is 28.6 Å². The van der Waals surface area contributed by atoms with Gasteiger partial charge in [-0.05, 0) is 25.8 Å². The summed E-state index contributed by atoms with van der Waals surface area (Å²) in [6, 6.07) is 0. The Bertz CT molecular complexity index is 1400. The summed E-state index contributed by atoms with van der Waals surface area (Å²) in [6.45, 7) is 13.7. The number of amides is 2. The van der Waals surface area contributed by atoms with Crippen molar-refractivity contribution >= 4 is 29.7 Å². The Kier molecular flexibility index (Phi) is 6.61. The van der Waals surface area contributed by atoms with E-state index in [2.05, 4.69) is 12.0 Å². The van der Waals surface area contributed by atoms with Crippen LogP contribution in [-0.2, 0) is 42.9 Å². The van der Waals surface area contributed by atoms with Gasteiger partial charge in [0.2, 0.25) is 5.91 Å². The van der Waals surface area contributed by atoms with Gasteiger partial charge in [0, 0.05) is 61.3 Å². The van der Waals surface area contributed by atoms with Crippen LogP contribution >= 0.6 is 0 Å². The number of allylic oxidation sites excluding steroid dienone is 1. The summed E-state index contributed by atoms with van der Waals surface area (Å²) in [5.74, 6) is 1.57. The predicted molar refractivity (Wildman–Crippen MR) is 149 cm³/mol. The Morgan fingerprint density at radius 2 is 1.93 bits per heavy atom. The van der Waals surface area contributed by atoms with E-state index < -0.39 is 63.9 Å². The minimum Gasteiger partial charge on any atom is -0.459 e. The molecule has 9 atom stereocenters. The number of nitrogens with one attached hydrogen (secondary N) is 1. The maximum atomic E-state index is 13.7. The molecule has 0 unspecified atom stereocenters. The average molecular weight is 598 g/mol. The zero-order valence-corrected chi connectivity index (χ0v) is 25.1. The number of fused-ring (bicyclic) bond motifs is 1. The molecule has 43 heavy (non-hydrogen) atoms. The van der Waals surface area contributed by atoms with Gasteiger partial charge < -0.3 is 18.9 Å². The largest absolute Gasteiger partial charge is 0.459 e. The van der Waals surface area contributed by atoms with Crippen LogP contribution in [0.15, 0.2) is 36.0 Å². The van der Waals surface area contributed by atoms with Crippen molar-refractivity contribution in [2.45, 2.75) is 83.4 Å². The van der Waals surface area contributed by atoms with E-state index in [1.54, 1.807) is 12.2 Å². The fourth-order valence-electron chi connectivity index (χ4n) is 9.24. The third-order valence-electron chi connectivity index (χ3n) is 11.0. The van der Waals surface area contributed by atoms with E-state index in [9.17, 15) is 24.0 Å². The number of epoxide rings is 1. The van der Waals surface area contributed by atoms with E-state index in [0.717, 1.165) is 0 Å². The van der Waals surface area contributed by atoms with Crippen molar-refractivity contribution in [3.63, 3.8) is 0 Å². The molecule has 4 fully saturated rings. The van der Waals surface area contributed by atoms with Crippen LogP contribution in [0.2, 0.25) is 0 Å². The maximum Gasteiger partial charge on any atom is 0.330 e. The SMILES string of the molecule is C=C1[C@@H]2[C@@H](OC(=O)C=C[C@@]2(C)[C@H]2CC(=O)OC2(C)C)[C@H](OC(C)=O)[C@@]2(C)[C@H](C3=CCN(C(=O)CCNN)C3=O)C[C@H]3O[C@]132. The Labute approximate surface area is 249 Å². The molecule has 2 saturated heterocycles. The fourth-order valence-corrected chi connectivity index (χ4v) is 9.24. The number of carbonyl (C=O) groups excluding carboxylic acids is 5. The molecule has 12 heteroatoms. The number of imide groups is 1. The second-order valence-corrected chi connectivity index (χ2v) is 13.6. The molecule has 6 aliphatic rings. The molecule has 2 aliphatic carbocycles. The molecule has 0 aromatic carbocycles. The van der Waals surface area contributed by atoms with Crippen molar-refractivity contribution in [3.8, 4) is 0 Å². The van der Waals surface area contributed by atoms with Gasteiger partial charge in [-0.3, -0.25) is 35.3 Å². The van der Waals surface area contributed by atoms with Crippen LogP contribution in [0.4, 0.5) is 0 Å². The first kappa shape index (κ1) is 29.7. The van der Waals surface area contributed by atoms with E-state index in [4.69, 9.17) is 24.8 Å². The molecule has 4 heterocycles. The first-order chi connectivity index (χ1) is 20.1. The van der Waals surface area contributed by atoms with Gasteiger partial charge in [0.15, 0.2) is 0 Å². The van der Waals surface area contributed by atoms with Gasteiger partial charge >= 0.3 is 17.9 Å². The van der Waals surface area contributed by atoms with Gasteiger partial charge in [0.25, 0.3) is 5.91 Å². The molecule has 6 rings (SSSR count). The molecule has 1 spiro atoms. The van der Waals surface area contributed by atoms with Crippen molar-refractivity contribution in [1.29, 1.82) is 0 Å². The normalized spacial score (nSPS) is 42.4. The van der Waals surface area contributed by atoms with E-state index >= 15 is 0 Å². The van der Waals surface area contributed by atoms with Crippen LogP contribution in [0.25, 0.3) is 0 Å². The number of ether oxygens (including phenoxy) is 4. The van der Waals surface area contributed by atoms with E-state index in [0.29, 0.717) is 17.6 Å². The Balaban J connectivity index is 1.45. The molecule has 3 N–H and O–H groups in total. The topological polar surface area (TPSA) is 167 Å². The molecular formula is C31H39N3O9. The molecule has 2 amide bonds. The van der Waals surface area contributed by atoms with Crippen LogP contribution in [0.3, 0.4) is 0 Å². The lowest BCUT2D eigenvalue weighted by Gasteiger charge is -2.57. The number of nitrogens with two attached hydrogens (primary N) is 1. The third-order valence-corrected chi connectivity index (χ3v) is 11.0. The molecule has 0 radical (unpaired) electrons. The quantitative estimate of drug-likeness (QED) is 0.113. The van der Waals surface area contributed by atoms with Gasteiger partial charge in [-0.2, -0.15) is 0 Å². The van der Waals surface area contributed by atoms with Crippen molar-refractivity contribution in [3.05, 3.63) is 36.0 Å². The van der Waals surface area contributed by atoms with Crippen LogP contribution in [0.5, 0.6) is 0 Å². The molecule has 2 saturated carbocycles. The van der Waals surface area contributed by atoms with Crippen molar-refractivity contribution in [2.75, 3.05) is 13.1 Å². The van der Waals surface area contributed by atoms with E-state index in [1.807, 2.05) is 27.7 Å².